The number of benzene rings is 1. The summed E-state index contributed by atoms with van der Waals surface area (Å²) in [5.41, 5.74) is 5.04. The van der Waals surface area contributed by atoms with Crippen LogP contribution in [0, 0.1) is 17.5 Å². The largest absolute Gasteiger partial charge is 0.461 e. The third kappa shape index (κ3) is 5.03. The Bertz CT molecular complexity index is 1100. The lowest BCUT2D eigenvalue weighted by Gasteiger charge is -2.36. The minimum Gasteiger partial charge on any atom is -0.461 e. The lowest BCUT2D eigenvalue weighted by Crippen LogP contribution is -2.44. The van der Waals surface area contributed by atoms with Crippen LogP contribution in [0.4, 0.5) is 26.3 Å². The van der Waals surface area contributed by atoms with Crippen molar-refractivity contribution in [3.05, 3.63) is 52.4 Å². The Labute approximate surface area is 190 Å². The summed E-state index contributed by atoms with van der Waals surface area (Å²) >= 11 is 0. The number of rotatable bonds is 6. The van der Waals surface area contributed by atoms with E-state index in [4.69, 9.17) is 10.5 Å². The van der Waals surface area contributed by atoms with E-state index in [-0.39, 0.29) is 43.8 Å². The minimum absolute atomic E-state index is 0.0844. The number of aromatic nitrogens is 2. The number of fused-ring (bicyclic) bond motifs is 1. The average molecular weight is 492 g/mol. The average Bonchev–Trinajstić information content (AvgIpc) is 3.13. The molecule has 13 heteroatoms. The van der Waals surface area contributed by atoms with Gasteiger partial charge in [0.05, 0.1) is 18.3 Å². The normalized spacial score (nSPS) is 16.9. The van der Waals surface area contributed by atoms with E-state index < -0.39 is 59.1 Å². The van der Waals surface area contributed by atoms with Gasteiger partial charge in [-0.2, -0.15) is 13.2 Å². The van der Waals surface area contributed by atoms with E-state index in [0.717, 1.165) is 4.57 Å². The topological polar surface area (TPSA) is 90.5 Å². The Morgan fingerprint density at radius 2 is 1.82 bits per heavy atom. The van der Waals surface area contributed by atoms with Crippen LogP contribution in [-0.2, 0) is 28.7 Å². The molecule has 1 unspecified atom stereocenters. The van der Waals surface area contributed by atoms with E-state index in [2.05, 4.69) is 4.98 Å². The van der Waals surface area contributed by atoms with Gasteiger partial charge in [0.2, 0.25) is 11.7 Å². The van der Waals surface area contributed by atoms with E-state index in [0.29, 0.717) is 12.1 Å². The number of nitrogens with zero attached hydrogens (tertiary/aromatic N) is 3. The number of esters is 1. The molecule has 0 saturated heterocycles. The van der Waals surface area contributed by atoms with Gasteiger partial charge in [0.1, 0.15) is 5.82 Å². The lowest BCUT2D eigenvalue weighted by atomic mass is 10.0. The summed E-state index contributed by atoms with van der Waals surface area (Å²) in [6, 6.07) is -0.929. The van der Waals surface area contributed by atoms with Crippen molar-refractivity contribution in [2.24, 2.45) is 5.73 Å². The van der Waals surface area contributed by atoms with Crippen LogP contribution in [0.1, 0.15) is 53.9 Å². The molecule has 1 aliphatic rings. The Morgan fingerprint density at radius 3 is 2.44 bits per heavy atom. The molecule has 186 valence electrons. The van der Waals surface area contributed by atoms with Crippen LogP contribution in [0.25, 0.3) is 0 Å². The summed E-state index contributed by atoms with van der Waals surface area (Å²) in [7, 11) is 0. The Kier molecular flexibility index (Phi) is 7.24. The molecule has 0 spiro atoms. The molecule has 0 radical (unpaired) electrons. The van der Waals surface area contributed by atoms with Crippen molar-refractivity contribution in [3.8, 4) is 0 Å². The van der Waals surface area contributed by atoms with E-state index in [1.165, 1.54) is 18.7 Å². The molecule has 2 atom stereocenters. The zero-order valence-corrected chi connectivity index (χ0v) is 18.3. The number of amides is 1. The summed E-state index contributed by atoms with van der Waals surface area (Å²) in [5.74, 6) is -6.53. The number of imidazole rings is 1. The van der Waals surface area contributed by atoms with Crippen LogP contribution in [0.5, 0.6) is 0 Å². The molecule has 0 saturated carbocycles. The summed E-state index contributed by atoms with van der Waals surface area (Å²) in [6.45, 7) is 2.44. The van der Waals surface area contributed by atoms with E-state index in [1.54, 1.807) is 0 Å². The second-order valence-electron chi connectivity index (χ2n) is 7.83. The van der Waals surface area contributed by atoms with Crippen LogP contribution < -0.4 is 5.73 Å². The monoisotopic (exact) mass is 492 g/mol. The highest BCUT2D eigenvalue weighted by Crippen LogP contribution is 2.36. The van der Waals surface area contributed by atoms with Gasteiger partial charge in [-0.1, -0.05) is 0 Å². The third-order valence-corrected chi connectivity index (χ3v) is 5.49. The fourth-order valence-corrected chi connectivity index (χ4v) is 3.99. The fourth-order valence-electron chi connectivity index (χ4n) is 3.99. The molecule has 1 aromatic heterocycles. The molecule has 0 aliphatic carbocycles. The summed E-state index contributed by atoms with van der Waals surface area (Å²) in [4.78, 5) is 29.8. The van der Waals surface area contributed by atoms with Crippen LogP contribution in [0.2, 0.25) is 0 Å². The molecule has 2 aromatic rings. The van der Waals surface area contributed by atoms with Crippen molar-refractivity contribution in [2.45, 2.75) is 51.5 Å². The van der Waals surface area contributed by atoms with Crippen molar-refractivity contribution in [1.82, 2.24) is 14.5 Å². The first kappa shape index (κ1) is 25.5. The van der Waals surface area contributed by atoms with Crippen molar-refractivity contribution in [1.29, 1.82) is 0 Å². The number of carbonyl (C=O) groups is 2. The second kappa shape index (κ2) is 9.65. The number of carbonyl (C=O) groups excluding carboxylic acids is 2. The summed E-state index contributed by atoms with van der Waals surface area (Å²) < 4.78 is 86.5. The van der Waals surface area contributed by atoms with Crippen molar-refractivity contribution in [2.75, 3.05) is 13.2 Å². The van der Waals surface area contributed by atoms with Crippen LogP contribution in [-0.4, -0.2) is 45.5 Å². The first-order valence-corrected chi connectivity index (χ1v) is 10.4. The zero-order valence-electron chi connectivity index (χ0n) is 18.3. The van der Waals surface area contributed by atoms with E-state index in [1.807, 2.05) is 0 Å². The smallest absolute Gasteiger partial charge is 0.449 e. The SMILES string of the molecule is CCOC(=O)c1nc(C(F)(F)F)n2c1C(C)N(C(=O)C[C@H](N)Cc1cc(F)c(F)cc1F)CC2. The first-order valence-electron chi connectivity index (χ1n) is 10.4. The van der Waals surface area contributed by atoms with Gasteiger partial charge in [0.25, 0.3) is 0 Å². The molecule has 1 aliphatic heterocycles. The summed E-state index contributed by atoms with van der Waals surface area (Å²) in [6.07, 6.45) is -5.46. The van der Waals surface area contributed by atoms with Gasteiger partial charge in [-0.05, 0) is 31.9 Å². The van der Waals surface area contributed by atoms with Gasteiger partial charge in [-0.3, -0.25) is 4.79 Å². The molecule has 1 aromatic carbocycles. The number of hydrogen-bond donors (Lipinski definition) is 1. The van der Waals surface area contributed by atoms with Gasteiger partial charge >= 0.3 is 12.1 Å². The molecule has 7 nitrogen and oxygen atoms in total. The quantitative estimate of drug-likeness (QED) is 0.380. The third-order valence-electron chi connectivity index (χ3n) is 5.49. The summed E-state index contributed by atoms with van der Waals surface area (Å²) in [5, 5.41) is 0. The molecule has 34 heavy (non-hydrogen) atoms. The second-order valence-corrected chi connectivity index (χ2v) is 7.83. The molecule has 2 N–H and O–H groups in total. The van der Waals surface area contributed by atoms with Gasteiger partial charge in [0, 0.05) is 31.6 Å². The predicted octanol–water partition coefficient (Wildman–Crippen LogP) is 3.36. The van der Waals surface area contributed by atoms with Gasteiger partial charge in [0.15, 0.2) is 17.3 Å². The number of nitrogens with two attached hydrogens (primary N) is 1. The van der Waals surface area contributed by atoms with Gasteiger partial charge in [-0.15, -0.1) is 0 Å². The first-order chi connectivity index (χ1) is 15.8. The Morgan fingerprint density at radius 1 is 1.18 bits per heavy atom. The van der Waals surface area contributed by atoms with Crippen LogP contribution in [0.3, 0.4) is 0 Å². The van der Waals surface area contributed by atoms with Crippen molar-refractivity contribution >= 4 is 11.9 Å². The van der Waals surface area contributed by atoms with Gasteiger partial charge in [-0.25, -0.2) is 22.9 Å². The molecule has 2 heterocycles. The number of halogens is 6. The van der Waals surface area contributed by atoms with E-state index >= 15 is 0 Å². The zero-order chi connectivity index (χ0) is 25.4. The highest BCUT2D eigenvalue weighted by molar-refractivity contribution is 5.89. The lowest BCUT2D eigenvalue weighted by molar-refractivity contribution is -0.148. The maximum absolute atomic E-state index is 13.9. The molecule has 1 amide bonds. The number of ether oxygens (including phenoxy) is 1. The molecular weight excluding hydrogens is 470 g/mol. The molecule has 0 bridgehead atoms. The Balaban J connectivity index is 1.82. The highest BCUT2D eigenvalue weighted by atomic mass is 19.4. The maximum atomic E-state index is 13.9. The Hall–Kier alpha value is -3.09. The minimum atomic E-state index is -4.83. The van der Waals surface area contributed by atoms with Crippen LogP contribution >= 0.6 is 0 Å². The van der Waals surface area contributed by atoms with Crippen molar-refractivity contribution < 1.29 is 40.7 Å². The maximum Gasteiger partial charge on any atom is 0.449 e. The molecule has 0 fully saturated rings. The fraction of sp³-hybridized carbons (Fsp3) is 0.476. The van der Waals surface area contributed by atoms with Crippen LogP contribution in [0.15, 0.2) is 12.1 Å². The number of alkyl halides is 3. The molecular formula is C21H22F6N4O3. The predicted molar refractivity (Wildman–Crippen MR) is 106 cm³/mol. The molecule has 3 rings (SSSR count). The highest BCUT2D eigenvalue weighted by Gasteiger charge is 2.44. The van der Waals surface area contributed by atoms with Gasteiger partial charge < -0.3 is 19.9 Å². The standard InChI is InChI=1S/C21H22F6N4O3/c1-3-34-19(33)17-18-10(2)30(4-5-31(18)20(29-17)21(25,26)27)16(32)8-12(28)6-11-7-14(23)15(24)9-13(11)22/h7,9-10,12H,3-6,8,28H2,1-2H3/t10?,12-/m1/s1. The number of hydrogen-bond acceptors (Lipinski definition) is 5. The van der Waals surface area contributed by atoms with Crippen molar-refractivity contribution in [3.63, 3.8) is 0 Å². The van der Waals surface area contributed by atoms with E-state index in [9.17, 15) is 35.9 Å².